The fraction of sp³-hybridized carbons (Fsp3) is 0.667. The molecule has 1 aliphatic rings. The summed E-state index contributed by atoms with van der Waals surface area (Å²) in [5.74, 6) is 0.955. The number of ether oxygens (including phenoxy) is 2. The average Bonchev–Trinajstić information content (AvgIpc) is 2.49. The quantitative estimate of drug-likeness (QED) is 0.821. The summed E-state index contributed by atoms with van der Waals surface area (Å²) in [6, 6.07) is 8.81. The minimum atomic E-state index is 0.212. The van der Waals surface area contributed by atoms with Crippen molar-refractivity contribution >= 4 is 0 Å². The van der Waals surface area contributed by atoms with Gasteiger partial charge in [0.1, 0.15) is 5.75 Å². The molecule has 1 heterocycles. The Morgan fingerprint density at radius 3 is 2.86 bits per heavy atom. The van der Waals surface area contributed by atoms with Gasteiger partial charge >= 0.3 is 0 Å². The molecule has 1 N–H and O–H groups in total. The Bertz CT molecular complexity index is 413. The lowest BCUT2D eigenvalue weighted by atomic mass is 9.97. The summed E-state index contributed by atoms with van der Waals surface area (Å²) in [5, 5.41) is 3.43. The van der Waals surface area contributed by atoms with E-state index < -0.39 is 0 Å². The third-order valence-corrected chi connectivity index (χ3v) is 4.03. The van der Waals surface area contributed by atoms with Crippen molar-refractivity contribution in [3.8, 4) is 5.75 Å². The highest BCUT2D eigenvalue weighted by molar-refractivity contribution is 5.30. The Hall–Kier alpha value is -1.06. The second-order valence-electron chi connectivity index (χ2n) is 6.15. The maximum Gasteiger partial charge on any atom is 0.120 e. The second kappa shape index (κ2) is 8.40. The fourth-order valence-electron chi connectivity index (χ4n) is 2.94. The molecule has 0 bridgehead atoms. The molecule has 1 aromatic rings. The second-order valence-corrected chi connectivity index (χ2v) is 6.15. The lowest BCUT2D eigenvalue weighted by Gasteiger charge is -2.25. The van der Waals surface area contributed by atoms with Gasteiger partial charge in [-0.05, 0) is 70.7 Å². The first-order valence-corrected chi connectivity index (χ1v) is 8.24. The van der Waals surface area contributed by atoms with Crippen LogP contribution in [0.3, 0.4) is 0 Å². The number of nitrogens with one attached hydrogen (secondary N) is 1. The molecule has 3 nitrogen and oxygen atoms in total. The van der Waals surface area contributed by atoms with Crippen LogP contribution in [0.5, 0.6) is 5.75 Å². The van der Waals surface area contributed by atoms with Crippen LogP contribution < -0.4 is 10.1 Å². The van der Waals surface area contributed by atoms with E-state index in [0.29, 0.717) is 12.1 Å². The van der Waals surface area contributed by atoms with E-state index in [-0.39, 0.29) is 6.10 Å². The van der Waals surface area contributed by atoms with Crippen LogP contribution in [0.1, 0.15) is 57.6 Å². The minimum absolute atomic E-state index is 0.212. The van der Waals surface area contributed by atoms with Gasteiger partial charge in [0.05, 0.1) is 12.2 Å². The van der Waals surface area contributed by atoms with Crippen molar-refractivity contribution in [3.05, 3.63) is 29.8 Å². The molecule has 0 spiro atoms. The lowest BCUT2D eigenvalue weighted by Crippen LogP contribution is -2.23. The van der Waals surface area contributed by atoms with Crippen molar-refractivity contribution < 1.29 is 9.47 Å². The molecule has 118 valence electrons. The van der Waals surface area contributed by atoms with E-state index in [1.165, 1.54) is 24.8 Å². The number of hydrogen-bond acceptors (Lipinski definition) is 3. The van der Waals surface area contributed by atoms with Crippen LogP contribution in [0.2, 0.25) is 0 Å². The number of rotatable bonds is 7. The Morgan fingerprint density at radius 1 is 1.33 bits per heavy atom. The van der Waals surface area contributed by atoms with Crippen LogP contribution in [0.15, 0.2) is 24.3 Å². The molecule has 2 unspecified atom stereocenters. The van der Waals surface area contributed by atoms with E-state index >= 15 is 0 Å². The largest absolute Gasteiger partial charge is 0.491 e. The van der Waals surface area contributed by atoms with Crippen molar-refractivity contribution in [2.24, 2.45) is 0 Å². The zero-order valence-corrected chi connectivity index (χ0v) is 13.6. The van der Waals surface area contributed by atoms with Gasteiger partial charge in [0, 0.05) is 12.6 Å². The van der Waals surface area contributed by atoms with Crippen LogP contribution in [-0.2, 0) is 4.74 Å². The van der Waals surface area contributed by atoms with Crippen LogP contribution in [0.4, 0.5) is 0 Å². The summed E-state index contributed by atoms with van der Waals surface area (Å²) in [7, 11) is 2.03. The first-order valence-electron chi connectivity index (χ1n) is 8.24. The predicted molar refractivity (Wildman–Crippen MR) is 86.8 cm³/mol. The van der Waals surface area contributed by atoms with Crippen LogP contribution in [0, 0.1) is 0 Å². The van der Waals surface area contributed by atoms with Gasteiger partial charge in [-0.15, -0.1) is 0 Å². The number of benzene rings is 1. The van der Waals surface area contributed by atoms with Crippen molar-refractivity contribution in [3.63, 3.8) is 0 Å². The molecule has 3 heteroatoms. The molecule has 1 aromatic carbocycles. The maximum absolute atomic E-state index is 5.83. The summed E-state index contributed by atoms with van der Waals surface area (Å²) in [5.41, 5.74) is 1.30. The van der Waals surface area contributed by atoms with Crippen LogP contribution >= 0.6 is 0 Å². The minimum Gasteiger partial charge on any atom is -0.491 e. The van der Waals surface area contributed by atoms with Gasteiger partial charge < -0.3 is 14.8 Å². The van der Waals surface area contributed by atoms with Gasteiger partial charge in [-0.1, -0.05) is 12.1 Å². The summed E-state index contributed by atoms with van der Waals surface area (Å²) in [4.78, 5) is 0. The van der Waals surface area contributed by atoms with Crippen LogP contribution in [-0.4, -0.2) is 25.9 Å². The molecule has 0 aromatic heterocycles. The van der Waals surface area contributed by atoms with E-state index in [4.69, 9.17) is 9.47 Å². The smallest absolute Gasteiger partial charge is 0.120 e. The third kappa shape index (κ3) is 5.33. The monoisotopic (exact) mass is 291 g/mol. The summed E-state index contributed by atoms with van der Waals surface area (Å²) in [6.45, 7) is 5.05. The molecule has 0 aliphatic carbocycles. The zero-order valence-electron chi connectivity index (χ0n) is 13.6. The zero-order chi connectivity index (χ0) is 15.1. The molecule has 1 aliphatic heterocycles. The summed E-state index contributed by atoms with van der Waals surface area (Å²) in [6.07, 6.45) is 6.64. The van der Waals surface area contributed by atoms with Gasteiger partial charge in [-0.25, -0.2) is 0 Å². The van der Waals surface area contributed by atoms with Crippen LogP contribution in [0.25, 0.3) is 0 Å². The van der Waals surface area contributed by atoms with E-state index in [1.54, 1.807) is 0 Å². The predicted octanol–water partition coefficient (Wildman–Crippen LogP) is 4.08. The third-order valence-electron chi connectivity index (χ3n) is 4.03. The van der Waals surface area contributed by atoms with Gasteiger partial charge in [-0.2, -0.15) is 0 Å². The molecular weight excluding hydrogens is 262 g/mol. The molecule has 1 fully saturated rings. The SMILES string of the molecule is CNC(CCC1CCCCO1)c1cccc(OC(C)C)c1. The molecule has 2 rings (SSSR count). The Morgan fingerprint density at radius 2 is 2.19 bits per heavy atom. The normalized spacial score (nSPS) is 20.5. The van der Waals surface area contributed by atoms with Gasteiger partial charge in [0.15, 0.2) is 0 Å². The summed E-state index contributed by atoms with van der Waals surface area (Å²) < 4.78 is 11.6. The highest BCUT2D eigenvalue weighted by atomic mass is 16.5. The van der Waals surface area contributed by atoms with Gasteiger partial charge in [0.25, 0.3) is 0 Å². The lowest BCUT2D eigenvalue weighted by molar-refractivity contribution is 0.00866. The molecular formula is C18H29NO2. The average molecular weight is 291 g/mol. The molecule has 1 saturated heterocycles. The first-order chi connectivity index (χ1) is 10.2. The van der Waals surface area contributed by atoms with E-state index in [0.717, 1.165) is 25.2 Å². The highest BCUT2D eigenvalue weighted by Gasteiger charge is 2.17. The highest BCUT2D eigenvalue weighted by Crippen LogP contribution is 2.26. The fourth-order valence-corrected chi connectivity index (χ4v) is 2.94. The molecule has 2 atom stereocenters. The van der Waals surface area contributed by atoms with Crippen molar-refractivity contribution in [2.45, 2.75) is 64.2 Å². The Kier molecular flexibility index (Phi) is 6.52. The number of hydrogen-bond donors (Lipinski definition) is 1. The van der Waals surface area contributed by atoms with Crippen molar-refractivity contribution in [1.29, 1.82) is 0 Å². The molecule has 0 amide bonds. The first kappa shape index (κ1) is 16.3. The van der Waals surface area contributed by atoms with Gasteiger partial charge in [-0.3, -0.25) is 0 Å². The van der Waals surface area contributed by atoms with E-state index in [2.05, 4.69) is 37.4 Å². The Balaban J connectivity index is 1.92. The maximum atomic E-state index is 5.83. The van der Waals surface area contributed by atoms with E-state index in [9.17, 15) is 0 Å². The standard InChI is InChI=1S/C18H29NO2/c1-14(2)21-17-9-6-7-15(13-17)18(19-3)11-10-16-8-4-5-12-20-16/h6-7,9,13-14,16,18-19H,4-5,8,10-12H2,1-3H3. The topological polar surface area (TPSA) is 30.5 Å². The van der Waals surface area contributed by atoms with E-state index in [1.807, 2.05) is 13.1 Å². The molecule has 0 radical (unpaired) electrons. The Labute approximate surface area is 129 Å². The molecule has 0 saturated carbocycles. The molecule has 21 heavy (non-hydrogen) atoms. The van der Waals surface area contributed by atoms with Crippen molar-refractivity contribution in [2.75, 3.05) is 13.7 Å². The summed E-state index contributed by atoms with van der Waals surface area (Å²) >= 11 is 0. The van der Waals surface area contributed by atoms with Crippen molar-refractivity contribution in [1.82, 2.24) is 5.32 Å². The van der Waals surface area contributed by atoms with Gasteiger partial charge in [0.2, 0.25) is 0 Å².